The molecular formula is C14H12Br2ClNO. The van der Waals surface area contributed by atoms with Crippen LogP contribution in [-0.2, 0) is 6.42 Å². The predicted octanol–water partition coefficient (Wildman–Crippen LogP) is 5.18. The molecule has 0 aliphatic heterocycles. The van der Waals surface area contributed by atoms with Crippen LogP contribution in [0.4, 0.5) is 0 Å². The Morgan fingerprint density at radius 1 is 1.37 bits per heavy atom. The van der Waals surface area contributed by atoms with Gasteiger partial charge in [0, 0.05) is 27.3 Å². The van der Waals surface area contributed by atoms with Gasteiger partial charge in [-0.2, -0.15) is 0 Å². The molecule has 0 aliphatic rings. The summed E-state index contributed by atoms with van der Waals surface area (Å²) < 4.78 is 6.41. The topological polar surface area (TPSA) is 22.1 Å². The second-order valence-electron chi connectivity index (χ2n) is 4.03. The molecule has 1 unspecified atom stereocenters. The number of rotatable bonds is 4. The molecule has 0 fully saturated rings. The van der Waals surface area contributed by atoms with E-state index in [1.807, 2.05) is 24.3 Å². The smallest absolute Gasteiger partial charge is 0.124 e. The first-order valence-electron chi connectivity index (χ1n) is 5.67. The van der Waals surface area contributed by atoms with E-state index in [-0.39, 0.29) is 4.83 Å². The van der Waals surface area contributed by atoms with Crippen LogP contribution in [0.15, 0.2) is 41.1 Å². The minimum Gasteiger partial charge on any atom is -0.496 e. The van der Waals surface area contributed by atoms with Crippen molar-refractivity contribution >= 4 is 43.5 Å². The van der Waals surface area contributed by atoms with E-state index in [0.717, 1.165) is 27.8 Å². The van der Waals surface area contributed by atoms with E-state index in [0.29, 0.717) is 5.02 Å². The fourth-order valence-electron chi connectivity index (χ4n) is 1.82. The van der Waals surface area contributed by atoms with Crippen molar-refractivity contribution in [3.05, 3.63) is 57.3 Å². The fraction of sp³-hybridized carbons (Fsp3) is 0.214. The molecule has 2 aromatic rings. The van der Waals surface area contributed by atoms with E-state index in [9.17, 15) is 0 Å². The quantitative estimate of drug-likeness (QED) is 0.654. The maximum absolute atomic E-state index is 6.13. The van der Waals surface area contributed by atoms with Crippen molar-refractivity contribution in [1.29, 1.82) is 0 Å². The Kier molecular flexibility index (Phi) is 5.25. The van der Waals surface area contributed by atoms with Gasteiger partial charge in [-0.25, -0.2) is 0 Å². The van der Waals surface area contributed by atoms with Gasteiger partial charge in [-0.05, 0) is 30.2 Å². The number of ether oxygens (including phenoxy) is 1. The first-order valence-corrected chi connectivity index (χ1v) is 7.76. The van der Waals surface area contributed by atoms with Crippen molar-refractivity contribution in [2.75, 3.05) is 7.11 Å². The second-order valence-corrected chi connectivity index (χ2v) is 6.45. The number of methoxy groups -OCH3 is 1. The standard InChI is InChI=1S/C14H12Br2ClNO/c1-19-14-7-10(15)2-3-11(14)12(16)6-9-4-5-18-8-13(9)17/h2-5,7-8,12H,6H2,1H3. The van der Waals surface area contributed by atoms with Crippen LogP contribution in [-0.4, -0.2) is 12.1 Å². The third-order valence-electron chi connectivity index (χ3n) is 2.79. The van der Waals surface area contributed by atoms with Crippen molar-refractivity contribution in [3.63, 3.8) is 0 Å². The predicted molar refractivity (Wildman–Crippen MR) is 85.3 cm³/mol. The number of hydrogen-bond acceptors (Lipinski definition) is 2. The number of alkyl halides is 1. The summed E-state index contributed by atoms with van der Waals surface area (Å²) in [4.78, 5) is 4.13. The van der Waals surface area contributed by atoms with Crippen molar-refractivity contribution in [2.24, 2.45) is 0 Å². The molecule has 0 bridgehead atoms. The van der Waals surface area contributed by atoms with Crippen LogP contribution >= 0.6 is 43.5 Å². The lowest BCUT2D eigenvalue weighted by Crippen LogP contribution is -1.99. The van der Waals surface area contributed by atoms with E-state index in [1.54, 1.807) is 19.5 Å². The average Bonchev–Trinajstić information content (AvgIpc) is 2.41. The van der Waals surface area contributed by atoms with Crippen molar-refractivity contribution < 1.29 is 4.74 Å². The van der Waals surface area contributed by atoms with Crippen molar-refractivity contribution in [3.8, 4) is 5.75 Å². The van der Waals surface area contributed by atoms with E-state index in [1.165, 1.54) is 0 Å². The molecule has 0 aliphatic carbocycles. The summed E-state index contributed by atoms with van der Waals surface area (Å²) in [7, 11) is 1.67. The molecule has 1 atom stereocenters. The van der Waals surface area contributed by atoms with Crippen LogP contribution in [0, 0.1) is 0 Å². The highest BCUT2D eigenvalue weighted by Gasteiger charge is 2.15. The first kappa shape index (κ1) is 14.8. The summed E-state index contributed by atoms with van der Waals surface area (Å²) in [6, 6.07) is 7.93. The number of benzene rings is 1. The molecule has 0 spiro atoms. The third kappa shape index (κ3) is 3.71. The minimum atomic E-state index is 0.135. The Morgan fingerprint density at radius 3 is 2.84 bits per heavy atom. The first-order chi connectivity index (χ1) is 9.11. The summed E-state index contributed by atoms with van der Waals surface area (Å²) in [5, 5.41) is 0.683. The van der Waals surface area contributed by atoms with Gasteiger partial charge >= 0.3 is 0 Å². The Hall–Kier alpha value is -0.580. The van der Waals surface area contributed by atoms with Gasteiger partial charge in [0.1, 0.15) is 5.75 Å². The number of hydrogen-bond donors (Lipinski definition) is 0. The van der Waals surface area contributed by atoms with Gasteiger partial charge in [0.25, 0.3) is 0 Å². The number of nitrogens with zero attached hydrogens (tertiary/aromatic N) is 1. The molecule has 0 N–H and O–H groups in total. The number of aromatic nitrogens is 1. The zero-order chi connectivity index (χ0) is 13.8. The van der Waals surface area contributed by atoms with Crippen LogP contribution in [0.1, 0.15) is 16.0 Å². The summed E-state index contributed by atoms with van der Waals surface area (Å²) in [5.41, 5.74) is 2.15. The van der Waals surface area contributed by atoms with Crippen LogP contribution in [0.2, 0.25) is 5.02 Å². The molecule has 0 saturated heterocycles. The highest BCUT2D eigenvalue weighted by Crippen LogP contribution is 2.36. The molecule has 0 amide bonds. The molecule has 1 heterocycles. The molecule has 2 nitrogen and oxygen atoms in total. The Balaban J connectivity index is 2.25. The zero-order valence-electron chi connectivity index (χ0n) is 10.2. The van der Waals surface area contributed by atoms with E-state index >= 15 is 0 Å². The second kappa shape index (κ2) is 6.73. The number of pyridine rings is 1. The normalized spacial score (nSPS) is 12.2. The van der Waals surface area contributed by atoms with Gasteiger partial charge in [0.05, 0.1) is 12.1 Å². The summed E-state index contributed by atoms with van der Waals surface area (Å²) in [6.07, 6.45) is 4.19. The van der Waals surface area contributed by atoms with Crippen LogP contribution < -0.4 is 4.74 Å². The molecular weight excluding hydrogens is 393 g/mol. The molecule has 5 heteroatoms. The molecule has 1 aromatic carbocycles. The monoisotopic (exact) mass is 403 g/mol. The molecule has 2 rings (SSSR count). The third-order valence-corrected chi connectivity index (χ3v) is 4.44. The van der Waals surface area contributed by atoms with Gasteiger partial charge in [0.2, 0.25) is 0 Å². The molecule has 19 heavy (non-hydrogen) atoms. The Morgan fingerprint density at radius 2 is 2.16 bits per heavy atom. The van der Waals surface area contributed by atoms with Gasteiger partial charge in [0.15, 0.2) is 0 Å². The summed E-state index contributed by atoms with van der Waals surface area (Å²) in [6.45, 7) is 0. The largest absolute Gasteiger partial charge is 0.496 e. The van der Waals surface area contributed by atoms with E-state index < -0.39 is 0 Å². The lowest BCUT2D eigenvalue weighted by atomic mass is 10.0. The van der Waals surface area contributed by atoms with Crippen LogP contribution in [0.5, 0.6) is 5.75 Å². The molecule has 0 saturated carbocycles. The summed E-state index contributed by atoms with van der Waals surface area (Å²) in [5.74, 6) is 0.849. The minimum absolute atomic E-state index is 0.135. The lowest BCUT2D eigenvalue weighted by Gasteiger charge is -2.15. The molecule has 0 radical (unpaired) electrons. The van der Waals surface area contributed by atoms with Crippen LogP contribution in [0.3, 0.4) is 0 Å². The number of halogens is 3. The summed E-state index contributed by atoms with van der Waals surface area (Å²) >= 11 is 13.3. The fourth-order valence-corrected chi connectivity index (χ4v) is 3.08. The van der Waals surface area contributed by atoms with Crippen molar-refractivity contribution in [2.45, 2.75) is 11.2 Å². The van der Waals surface area contributed by atoms with Crippen molar-refractivity contribution in [1.82, 2.24) is 4.98 Å². The average molecular weight is 406 g/mol. The maximum Gasteiger partial charge on any atom is 0.124 e. The Labute approximate surface area is 134 Å². The van der Waals surface area contributed by atoms with E-state index in [4.69, 9.17) is 16.3 Å². The SMILES string of the molecule is COc1cc(Br)ccc1C(Br)Cc1ccncc1Cl. The highest BCUT2D eigenvalue weighted by molar-refractivity contribution is 9.10. The highest BCUT2D eigenvalue weighted by atomic mass is 79.9. The van der Waals surface area contributed by atoms with Gasteiger partial charge < -0.3 is 4.74 Å². The lowest BCUT2D eigenvalue weighted by molar-refractivity contribution is 0.409. The maximum atomic E-state index is 6.13. The van der Waals surface area contributed by atoms with Gasteiger partial charge in [-0.15, -0.1) is 0 Å². The Bertz CT molecular complexity index is 577. The van der Waals surface area contributed by atoms with Gasteiger partial charge in [-0.3, -0.25) is 4.98 Å². The van der Waals surface area contributed by atoms with Crippen LogP contribution in [0.25, 0.3) is 0 Å². The van der Waals surface area contributed by atoms with Gasteiger partial charge in [-0.1, -0.05) is 49.5 Å². The zero-order valence-corrected chi connectivity index (χ0v) is 14.2. The van der Waals surface area contributed by atoms with E-state index in [2.05, 4.69) is 36.8 Å². The molecule has 1 aromatic heterocycles. The molecule has 100 valence electrons.